The van der Waals surface area contributed by atoms with Gasteiger partial charge in [0.2, 0.25) is 0 Å². The van der Waals surface area contributed by atoms with Crippen molar-refractivity contribution >= 4 is 22.2 Å². The number of fused-ring (bicyclic) bond motifs is 3. The van der Waals surface area contributed by atoms with Crippen LogP contribution in [-0.2, 0) is 30.8 Å². The number of amides is 1. The van der Waals surface area contributed by atoms with Crippen LogP contribution in [0.1, 0.15) is 48.4 Å². The van der Waals surface area contributed by atoms with Crippen LogP contribution in [0.25, 0.3) is 11.1 Å². The van der Waals surface area contributed by atoms with Crippen LogP contribution >= 0.6 is 0 Å². The quantitative estimate of drug-likeness (QED) is 0.151. The topological polar surface area (TPSA) is 108 Å². The zero-order valence-electron chi connectivity index (χ0n) is 24.9. The lowest BCUT2D eigenvalue weighted by atomic mass is 9.98. The summed E-state index contributed by atoms with van der Waals surface area (Å²) in [6.45, 7) is 5.53. The first kappa shape index (κ1) is 30.8. The second-order valence-electron chi connectivity index (χ2n) is 11.1. The summed E-state index contributed by atoms with van der Waals surface area (Å²) in [5.41, 5.74) is 6.16. The minimum atomic E-state index is -3.99. The number of hydrogen-bond acceptors (Lipinski definition) is 7. The number of ether oxygens (including phenoxy) is 2. The van der Waals surface area contributed by atoms with Crippen molar-refractivity contribution in [2.45, 2.75) is 56.6 Å². The van der Waals surface area contributed by atoms with Gasteiger partial charge in [0.25, 0.3) is 0 Å². The first-order valence-corrected chi connectivity index (χ1v) is 15.9. The van der Waals surface area contributed by atoms with E-state index in [0.717, 1.165) is 33.4 Å². The van der Waals surface area contributed by atoms with E-state index in [1.807, 2.05) is 43.3 Å². The fraction of sp³-hybridized carbons (Fsp3) is 0.257. The Balaban J connectivity index is 1.24. The summed E-state index contributed by atoms with van der Waals surface area (Å²) >= 11 is 0. The van der Waals surface area contributed by atoms with Crippen molar-refractivity contribution in [3.8, 4) is 16.9 Å². The van der Waals surface area contributed by atoms with Crippen molar-refractivity contribution in [3.63, 3.8) is 0 Å². The SMILES string of the molecule is Cc1ccc(S(=O)(=O)Oc2ccc(CC(CC(=O)OC(C)C)NC(=O)OCC3c4ccccc4-c4ccccc43)cc2)cc1. The maximum absolute atomic E-state index is 13.0. The molecule has 0 aromatic heterocycles. The van der Waals surface area contributed by atoms with Gasteiger partial charge in [-0.15, -0.1) is 0 Å². The molecular formula is C35H35NO7S. The zero-order chi connectivity index (χ0) is 31.3. The van der Waals surface area contributed by atoms with Gasteiger partial charge in [-0.1, -0.05) is 78.4 Å². The van der Waals surface area contributed by atoms with Crippen LogP contribution < -0.4 is 9.50 Å². The Morgan fingerprint density at radius 3 is 2.00 bits per heavy atom. The zero-order valence-corrected chi connectivity index (χ0v) is 25.7. The van der Waals surface area contributed by atoms with Gasteiger partial charge in [0.05, 0.1) is 12.5 Å². The standard InChI is InChI=1S/C35H35NO7S/c1-23(2)42-34(37)21-26(20-25-14-16-27(17-15-25)43-44(39,40)28-18-12-24(3)13-19-28)36-35(38)41-22-33-31-10-6-4-8-29(31)30-9-5-7-11-32(30)33/h4-19,23,26,33H,20-22H2,1-3H3,(H,36,38). The molecule has 1 aliphatic carbocycles. The third-order valence-electron chi connectivity index (χ3n) is 7.37. The van der Waals surface area contributed by atoms with Gasteiger partial charge in [-0.2, -0.15) is 8.42 Å². The molecule has 0 aliphatic heterocycles. The Labute approximate surface area is 258 Å². The summed E-state index contributed by atoms with van der Waals surface area (Å²) < 4.78 is 41.7. The second kappa shape index (κ2) is 13.3. The lowest BCUT2D eigenvalue weighted by Crippen LogP contribution is -2.39. The fourth-order valence-electron chi connectivity index (χ4n) is 5.34. The Morgan fingerprint density at radius 2 is 1.41 bits per heavy atom. The summed E-state index contributed by atoms with van der Waals surface area (Å²) in [4.78, 5) is 25.6. The number of alkyl carbamates (subject to hydrolysis) is 1. The average Bonchev–Trinajstić information content (AvgIpc) is 3.30. The van der Waals surface area contributed by atoms with E-state index in [1.54, 1.807) is 38.1 Å². The molecule has 0 saturated heterocycles. The number of hydrogen-bond donors (Lipinski definition) is 1. The minimum Gasteiger partial charge on any atom is -0.463 e. The molecule has 5 rings (SSSR count). The fourth-order valence-corrected chi connectivity index (χ4v) is 6.27. The molecular weight excluding hydrogens is 578 g/mol. The molecule has 0 saturated carbocycles. The molecule has 1 atom stereocenters. The first-order valence-electron chi connectivity index (χ1n) is 14.5. The lowest BCUT2D eigenvalue weighted by Gasteiger charge is -2.20. The molecule has 0 radical (unpaired) electrons. The molecule has 1 unspecified atom stereocenters. The van der Waals surface area contributed by atoms with Crippen LogP contribution in [-0.4, -0.2) is 39.2 Å². The number of esters is 1. The van der Waals surface area contributed by atoms with E-state index in [1.165, 1.54) is 24.3 Å². The maximum atomic E-state index is 13.0. The van der Waals surface area contributed by atoms with Gasteiger partial charge in [-0.05, 0) is 79.3 Å². The molecule has 0 spiro atoms. The molecule has 1 N–H and O–H groups in total. The smallest absolute Gasteiger partial charge is 0.407 e. The number of carbonyl (C=O) groups is 2. The summed E-state index contributed by atoms with van der Waals surface area (Å²) in [7, 11) is -3.99. The van der Waals surface area contributed by atoms with Crippen molar-refractivity contribution in [2.75, 3.05) is 6.61 Å². The van der Waals surface area contributed by atoms with Gasteiger partial charge < -0.3 is 19.0 Å². The normalized spacial score (nSPS) is 13.1. The van der Waals surface area contributed by atoms with Gasteiger partial charge in [0, 0.05) is 12.0 Å². The molecule has 4 aromatic rings. The maximum Gasteiger partial charge on any atom is 0.407 e. The third-order valence-corrected chi connectivity index (χ3v) is 8.63. The van der Waals surface area contributed by atoms with Crippen LogP contribution in [0.3, 0.4) is 0 Å². The molecule has 8 nitrogen and oxygen atoms in total. The number of nitrogens with one attached hydrogen (secondary N) is 1. The largest absolute Gasteiger partial charge is 0.463 e. The highest BCUT2D eigenvalue weighted by molar-refractivity contribution is 7.87. The molecule has 0 fully saturated rings. The minimum absolute atomic E-state index is 0.0585. The predicted molar refractivity (Wildman–Crippen MR) is 167 cm³/mol. The monoisotopic (exact) mass is 613 g/mol. The molecule has 1 amide bonds. The second-order valence-corrected chi connectivity index (χ2v) is 12.7. The van der Waals surface area contributed by atoms with Gasteiger partial charge in [0.1, 0.15) is 17.3 Å². The highest BCUT2D eigenvalue weighted by Gasteiger charge is 2.29. The van der Waals surface area contributed by atoms with Crippen LogP contribution in [0.15, 0.2) is 102 Å². The van der Waals surface area contributed by atoms with Crippen LogP contribution in [0.2, 0.25) is 0 Å². The van der Waals surface area contributed by atoms with Crippen molar-refractivity contribution in [3.05, 3.63) is 119 Å². The highest BCUT2D eigenvalue weighted by atomic mass is 32.2. The molecule has 4 aromatic carbocycles. The Morgan fingerprint density at radius 1 is 0.818 bits per heavy atom. The van der Waals surface area contributed by atoms with Crippen molar-refractivity contribution in [1.82, 2.24) is 5.32 Å². The molecule has 0 heterocycles. The molecule has 228 valence electrons. The van der Waals surface area contributed by atoms with E-state index in [9.17, 15) is 18.0 Å². The van der Waals surface area contributed by atoms with E-state index < -0.39 is 28.2 Å². The van der Waals surface area contributed by atoms with Crippen LogP contribution in [0, 0.1) is 6.92 Å². The Hall–Kier alpha value is -4.63. The molecule has 9 heteroatoms. The molecule has 1 aliphatic rings. The van der Waals surface area contributed by atoms with E-state index in [0.29, 0.717) is 0 Å². The highest BCUT2D eigenvalue weighted by Crippen LogP contribution is 2.44. The van der Waals surface area contributed by atoms with E-state index in [2.05, 4.69) is 17.4 Å². The summed E-state index contributed by atoms with van der Waals surface area (Å²) in [5, 5.41) is 2.83. The molecule has 44 heavy (non-hydrogen) atoms. The number of aryl methyl sites for hydroxylation is 1. The van der Waals surface area contributed by atoms with Gasteiger partial charge in [-0.3, -0.25) is 4.79 Å². The summed E-state index contributed by atoms with van der Waals surface area (Å²) in [6.07, 6.45) is -0.729. The lowest BCUT2D eigenvalue weighted by molar-refractivity contribution is -0.147. The molecule has 0 bridgehead atoms. The van der Waals surface area contributed by atoms with Crippen molar-refractivity contribution in [2.24, 2.45) is 0 Å². The van der Waals surface area contributed by atoms with Crippen molar-refractivity contribution in [1.29, 1.82) is 0 Å². The van der Waals surface area contributed by atoms with Gasteiger partial charge in [0.15, 0.2) is 0 Å². The third kappa shape index (κ3) is 7.47. The van der Waals surface area contributed by atoms with Gasteiger partial charge in [-0.25, -0.2) is 4.79 Å². The van der Waals surface area contributed by atoms with E-state index in [-0.39, 0.29) is 42.1 Å². The van der Waals surface area contributed by atoms with Crippen LogP contribution in [0.5, 0.6) is 5.75 Å². The van der Waals surface area contributed by atoms with Gasteiger partial charge >= 0.3 is 22.2 Å². The average molecular weight is 614 g/mol. The summed E-state index contributed by atoms with van der Waals surface area (Å²) in [5.74, 6) is -0.399. The number of carbonyl (C=O) groups excluding carboxylic acids is 2. The Kier molecular flexibility index (Phi) is 9.35. The van der Waals surface area contributed by atoms with E-state index >= 15 is 0 Å². The first-order chi connectivity index (χ1) is 21.1. The Bertz CT molecular complexity index is 1690. The van der Waals surface area contributed by atoms with Crippen LogP contribution in [0.4, 0.5) is 4.79 Å². The summed E-state index contributed by atoms with van der Waals surface area (Å²) in [6, 6.07) is 28.4. The van der Waals surface area contributed by atoms with Crippen molar-refractivity contribution < 1.29 is 31.7 Å². The number of benzene rings is 4. The number of rotatable bonds is 11. The van der Waals surface area contributed by atoms with E-state index in [4.69, 9.17) is 13.7 Å². The predicted octanol–water partition coefficient (Wildman–Crippen LogP) is 6.55.